The first-order valence-electron chi connectivity index (χ1n) is 7.56. The molecule has 4 heteroatoms. The molecule has 4 nitrogen and oxygen atoms in total. The largest absolute Gasteiger partial charge is 0.365 e. The topological polar surface area (TPSA) is 46.6 Å². The molecule has 0 aromatic rings. The molecule has 0 N–H and O–H groups in total. The maximum atomic E-state index is 12.6. The molecule has 0 bridgehead atoms. The van der Waals surface area contributed by atoms with Gasteiger partial charge in [0.15, 0.2) is 0 Å². The number of fused-ring (bicyclic) bond motifs is 1. The molecule has 2 saturated heterocycles. The van der Waals surface area contributed by atoms with Crippen molar-refractivity contribution in [1.29, 1.82) is 0 Å². The molecule has 0 aromatic carbocycles. The standard InChI is InChI=1S/C17H25NO3/c1-9(2)7-12-14-15(13(21-12)8-10(3)4)17(20)18(11(5)6)16(14)19/h7-8,11-15H,1-6H3. The number of allylic oxidation sites excluding steroid dienone is 2. The Kier molecular flexibility index (Phi) is 4.38. The quantitative estimate of drug-likeness (QED) is 0.593. The van der Waals surface area contributed by atoms with Crippen LogP contribution >= 0.6 is 0 Å². The van der Waals surface area contributed by atoms with E-state index in [1.165, 1.54) is 4.90 Å². The van der Waals surface area contributed by atoms with Gasteiger partial charge in [0, 0.05) is 6.04 Å². The van der Waals surface area contributed by atoms with Crippen molar-refractivity contribution in [3.8, 4) is 0 Å². The van der Waals surface area contributed by atoms with Gasteiger partial charge in [0.25, 0.3) is 0 Å². The van der Waals surface area contributed by atoms with Crippen molar-refractivity contribution in [2.24, 2.45) is 11.8 Å². The summed E-state index contributed by atoms with van der Waals surface area (Å²) in [6, 6.07) is -0.102. The van der Waals surface area contributed by atoms with E-state index in [9.17, 15) is 9.59 Å². The molecule has 2 aliphatic rings. The van der Waals surface area contributed by atoms with Gasteiger partial charge in [0.1, 0.15) is 0 Å². The van der Waals surface area contributed by atoms with Crippen LogP contribution in [-0.4, -0.2) is 35.0 Å². The molecule has 2 fully saturated rings. The summed E-state index contributed by atoms with van der Waals surface area (Å²) in [5, 5.41) is 0. The monoisotopic (exact) mass is 291 g/mol. The Hall–Kier alpha value is -1.42. The van der Waals surface area contributed by atoms with Gasteiger partial charge in [0.05, 0.1) is 24.0 Å². The normalized spacial score (nSPS) is 31.7. The average Bonchev–Trinajstić information content (AvgIpc) is 2.76. The first kappa shape index (κ1) is 16.0. The number of carbonyl (C=O) groups excluding carboxylic acids is 2. The lowest BCUT2D eigenvalue weighted by Crippen LogP contribution is -2.40. The van der Waals surface area contributed by atoms with Gasteiger partial charge in [-0.2, -0.15) is 0 Å². The van der Waals surface area contributed by atoms with Gasteiger partial charge in [-0.05, 0) is 41.5 Å². The molecule has 4 atom stereocenters. The molecule has 0 spiro atoms. The summed E-state index contributed by atoms with van der Waals surface area (Å²) in [7, 11) is 0. The fourth-order valence-electron chi connectivity index (χ4n) is 3.23. The van der Waals surface area contributed by atoms with E-state index in [-0.39, 0.29) is 41.9 Å². The fraction of sp³-hybridized carbons (Fsp3) is 0.647. The highest BCUT2D eigenvalue weighted by atomic mass is 16.5. The van der Waals surface area contributed by atoms with Crippen LogP contribution in [0, 0.1) is 11.8 Å². The smallest absolute Gasteiger partial charge is 0.236 e. The highest BCUT2D eigenvalue weighted by molar-refractivity contribution is 6.06. The van der Waals surface area contributed by atoms with Crippen molar-refractivity contribution in [1.82, 2.24) is 4.90 Å². The Morgan fingerprint density at radius 1 is 0.952 bits per heavy atom. The van der Waals surface area contributed by atoms with E-state index < -0.39 is 0 Å². The van der Waals surface area contributed by atoms with Crippen LogP contribution in [0.25, 0.3) is 0 Å². The summed E-state index contributed by atoms with van der Waals surface area (Å²) in [5.74, 6) is -0.940. The SMILES string of the molecule is CC(C)=CC1OC(C=C(C)C)C2C(=O)N(C(C)C)C(=O)C12. The average molecular weight is 291 g/mol. The van der Waals surface area contributed by atoms with Crippen LogP contribution in [0.1, 0.15) is 41.5 Å². The second-order valence-electron chi connectivity index (χ2n) is 6.75. The molecule has 4 unspecified atom stereocenters. The number of likely N-dealkylation sites (tertiary alicyclic amines) is 1. The third-order valence-electron chi connectivity index (χ3n) is 3.97. The van der Waals surface area contributed by atoms with Crippen LogP contribution in [0.15, 0.2) is 23.3 Å². The Bertz CT molecular complexity index is 468. The minimum atomic E-state index is -0.379. The van der Waals surface area contributed by atoms with E-state index in [0.29, 0.717) is 0 Å². The number of hydrogen-bond acceptors (Lipinski definition) is 3. The minimum absolute atomic E-state index is 0.0906. The lowest BCUT2D eigenvalue weighted by Gasteiger charge is -2.23. The predicted octanol–water partition coefficient (Wildman–Crippen LogP) is 2.70. The molecule has 21 heavy (non-hydrogen) atoms. The van der Waals surface area contributed by atoms with Crippen LogP contribution in [0.4, 0.5) is 0 Å². The Morgan fingerprint density at radius 2 is 1.33 bits per heavy atom. The molecule has 0 radical (unpaired) electrons. The van der Waals surface area contributed by atoms with Crippen molar-refractivity contribution < 1.29 is 14.3 Å². The number of ether oxygens (including phenoxy) is 1. The van der Waals surface area contributed by atoms with E-state index in [1.54, 1.807) is 0 Å². The molecular weight excluding hydrogens is 266 g/mol. The Morgan fingerprint density at radius 3 is 1.62 bits per heavy atom. The number of carbonyl (C=O) groups is 2. The van der Waals surface area contributed by atoms with Crippen molar-refractivity contribution in [2.75, 3.05) is 0 Å². The maximum absolute atomic E-state index is 12.6. The zero-order valence-electron chi connectivity index (χ0n) is 13.7. The summed E-state index contributed by atoms with van der Waals surface area (Å²) in [6.45, 7) is 11.7. The zero-order chi connectivity index (χ0) is 15.9. The fourth-order valence-corrected chi connectivity index (χ4v) is 3.23. The summed E-state index contributed by atoms with van der Waals surface area (Å²) >= 11 is 0. The van der Waals surface area contributed by atoms with Crippen LogP contribution < -0.4 is 0 Å². The van der Waals surface area contributed by atoms with Crippen LogP contribution in [0.5, 0.6) is 0 Å². The Labute approximate surface area is 126 Å². The lowest BCUT2D eigenvalue weighted by atomic mass is 9.88. The van der Waals surface area contributed by atoms with Gasteiger partial charge in [0.2, 0.25) is 11.8 Å². The number of hydrogen-bond donors (Lipinski definition) is 0. The van der Waals surface area contributed by atoms with Crippen molar-refractivity contribution >= 4 is 11.8 Å². The van der Waals surface area contributed by atoms with E-state index in [1.807, 2.05) is 53.7 Å². The van der Waals surface area contributed by atoms with E-state index in [4.69, 9.17) is 4.74 Å². The molecule has 2 aliphatic heterocycles. The van der Waals surface area contributed by atoms with Gasteiger partial charge in [-0.25, -0.2) is 0 Å². The van der Waals surface area contributed by atoms with Crippen LogP contribution in [0.2, 0.25) is 0 Å². The van der Waals surface area contributed by atoms with Crippen molar-refractivity contribution in [3.05, 3.63) is 23.3 Å². The van der Waals surface area contributed by atoms with Gasteiger partial charge in [-0.15, -0.1) is 0 Å². The number of nitrogens with zero attached hydrogens (tertiary/aromatic N) is 1. The van der Waals surface area contributed by atoms with Crippen LogP contribution in [0.3, 0.4) is 0 Å². The maximum Gasteiger partial charge on any atom is 0.236 e. The van der Waals surface area contributed by atoms with Gasteiger partial charge >= 0.3 is 0 Å². The first-order valence-corrected chi connectivity index (χ1v) is 7.56. The molecule has 0 aliphatic carbocycles. The number of amides is 2. The summed E-state index contributed by atoms with van der Waals surface area (Å²) in [5.41, 5.74) is 2.19. The van der Waals surface area contributed by atoms with Crippen molar-refractivity contribution in [2.45, 2.75) is 59.8 Å². The summed E-state index contributed by atoms with van der Waals surface area (Å²) < 4.78 is 6.00. The highest BCUT2D eigenvalue weighted by Crippen LogP contribution is 2.42. The lowest BCUT2D eigenvalue weighted by molar-refractivity contribution is -0.144. The highest BCUT2D eigenvalue weighted by Gasteiger charge is 2.59. The summed E-state index contributed by atoms with van der Waals surface area (Å²) in [6.07, 6.45) is 3.32. The molecule has 2 heterocycles. The first-order chi connectivity index (χ1) is 9.73. The minimum Gasteiger partial charge on any atom is -0.365 e. The van der Waals surface area contributed by atoms with Crippen LogP contribution in [-0.2, 0) is 14.3 Å². The van der Waals surface area contributed by atoms with Gasteiger partial charge < -0.3 is 4.74 Å². The van der Waals surface area contributed by atoms with Gasteiger partial charge in [-0.1, -0.05) is 23.3 Å². The third-order valence-corrected chi connectivity index (χ3v) is 3.97. The number of rotatable bonds is 3. The third kappa shape index (κ3) is 2.82. The predicted molar refractivity (Wildman–Crippen MR) is 81.5 cm³/mol. The molecule has 2 amide bonds. The zero-order valence-corrected chi connectivity index (χ0v) is 13.7. The molecule has 116 valence electrons. The summed E-state index contributed by atoms with van der Waals surface area (Å²) in [4.78, 5) is 26.7. The molecular formula is C17H25NO3. The van der Waals surface area contributed by atoms with E-state index in [0.717, 1.165) is 11.1 Å². The molecule has 0 aromatic heterocycles. The second kappa shape index (κ2) is 5.76. The van der Waals surface area contributed by atoms with E-state index in [2.05, 4.69) is 0 Å². The van der Waals surface area contributed by atoms with Gasteiger partial charge in [-0.3, -0.25) is 14.5 Å². The second-order valence-corrected chi connectivity index (χ2v) is 6.75. The van der Waals surface area contributed by atoms with Crippen molar-refractivity contribution in [3.63, 3.8) is 0 Å². The number of imide groups is 1. The molecule has 0 saturated carbocycles. The van der Waals surface area contributed by atoms with E-state index >= 15 is 0 Å². The Balaban J connectivity index is 2.42. The molecule has 2 rings (SSSR count).